The van der Waals surface area contributed by atoms with Gasteiger partial charge in [-0.2, -0.15) is 0 Å². The number of carbonyl (C=O) groups is 1. The van der Waals surface area contributed by atoms with Gasteiger partial charge in [0, 0.05) is 10.2 Å². The Kier molecular flexibility index (Phi) is 3.53. The van der Waals surface area contributed by atoms with E-state index in [9.17, 15) is 4.79 Å². The maximum absolute atomic E-state index is 11.1. The molecular formula is C13H11BrN2O2. The normalized spacial score (nSPS) is 10.1. The van der Waals surface area contributed by atoms with Crippen LogP contribution in [0.25, 0.3) is 0 Å². The van der Waals surface area contributed by atoms with E-state index in [1.165, 1.54) is 6.07 Å². The number of para-hydroxylation sites is 1. The van der Waals surface area contributed by atoms with Gasteiger partial charge >= 0.3 is 5.97 Å². The van der Waals surface area contributed by atoms with E-state index < -0.39 is 5.97 Å². The lowest BCUT2D eigenvalue weighted by atomic mass is 10.1. The molecule has 0 aliphatic carbocycles. The second-order valence-electron chi connectivity index (χ2n) is 3.72. The van der Waals surface area contributed by atoms with Gasteiger partial charge in [-0.25, -0.2) is 4.79 Å². The van der Waals surface area contributed by atoms with Gasteiger partial charge in [0.15, 0.2) is 0 Å². The molecule has 0 heterocycles. The fraction of sp³-hybridized carbons (Fsp3) is 0. The van der Waals surface area contributed by atoms with Gasteiger partial charge in [-0.3, -0.25) is 0 Å². The van der Waals surface area contributed by atoms with Gasteiger partial charge in [0.2, 0.25) is 0 Å². The Morgan fingerprint density at radius 3 is 2.56 bits per heavy atom. The molecule has 4 N–H and O–H groups in total. The van der Waals surface area contributed by atoms with Crippen molar-refractivity contribution in [3.8, 4) is 0 Å². The summed E-state index contributed by atoms with van der Waals surface area (Å²) in [7, 11) is 0. The molecule has 0 aromatic heterocycles. The molecule has 0 atom stereocenters. The van der Waals surface area contributed by atoms with E-state index in [1.807, 2.05) is 24.3 Å². The van der Waals surface area contributed by atoms with Crippen LogP contribution < -0.4 is 11.1 Å². The Balaban J connectivity index is 2.42. The van der Waals surface area contributed by atoms with Gasteiger partial charge in [-0.1, -0.05) is 12.1 Å². The molecule has 0 spiro atoms. The molecule has 0 saturated carbocycles. The Hall–Kier alpha value is -2.01. The molecular weight excluding hydrogens is 296 g/mol. The maximum Gasteiger partial charge on any atom is 0.337 e. The van der Waals surface area contributed by atoms with Crippen molar-refractivity contribution in [3.05, 3.63) is 52.5 Å². The summed E-state index contributed by atoms with van der Waals surface area (Å²) in [6.07, 6.45) is 0. The first-order valence-corrected chi connectivity index (χ1v) is 6.01. The molecule has 0 aliphatic rings. The number of hydrogen-bond donors (Lipinski definition) is 3. The number of nitrogens with two attached hydrogens (primary N) is 1. The quantitative estimate of drug-likeness (QED) is 0.759. The molecule has 0 saturated heterocycles. The van der Waals surface area contributed by atoms with Crippen LogP contribution in [0.1, 0.15) is 10.4 Å². The summed E-state index contributed by atoms with van der Waals surface area (Å²) in [5.74, 6) is -0.996. The Bertz CT molecular complexity index is 599. The molecule has 92 valence electrons. The lowest BCUT2D eigenvalue weighted by Crippen LogP contribution is -2.03. The third kappa shape index (κ3) is 2.62. The van der Waals surface area contributed by atoms with Gasteiger partial charge < -0.3 is 16.2 Å². The van der Waals surface area contributed by atoms with Gasteiger partial charge in [0.25, 0.3) is 0 Å². The Labute approximate surface area is 113 Å². The molecule has 0 radical (unpaired) electrons. The second kappa shape index (κ2) is 5.10. The SMILES string of the molecule is Nc1ccc(C(=O)O)c(Nc2ccccc2Br)c1. The molecule has 2 aromatic rings. The number of anilines is 3. The molecule has 4 nitrogen and oxygen atoms in total. The number of hydrogen-bond acceptors (Lipinski definition) is 3. The summed E-state index contributed by atoms with van der Waals surface area (Å²) < 4.78 is 0.851. The van der Waals surface area contributed by atoms with Crippen molar-refractivity contribution < 1.29 is 9.90 Å². The lowest BCUT2D eigenvalue weighted by molar-refractivity contribution is 0.0698. The van der Waals surface area contributed by atoms with Crippen molar-refractivity contribution in [2.45, 2.75) is 0 Å². The van der Waals surface area contributed by atoms with Crippen LogP contribution >= 0.6 is 15.9 Å². The summed E-state index contributed by atoms with van der Waals surface area (Å²) in [5, 5.41) is 12.2. The summed E-state index contributed by atoms with van der Waals surface area (Å²) in [4.78, 5) is 11.1. The molecule has 5 heteroatoms. The van der Waals surface area contributed by atoms with Crippen LogP contribution in [0.2, 0.25) is 0 Å². The van der Waals surface area contributed by atoms with Crippen LogP contribution in [0.4, 0.5) is 17.1 Å². The molecule has 18 heavy (non-hydrogen) atoms. The summed E-state index contributed by atoms with van der Waals surface area (Å²) >= 11 is 3.39. The first kappa shape index (κ1) is 12.4. The second-order valence-corrected chi connectivity index (χ2v) is 4.57. The van der Waals surface area contributed by atoms with Crippen LogP contribution in [0.15, 0.2) is 46.9 Å². The van der Waals surface area contributed by atoms with E-state index in [-0.39, 0.29) is 5.56 Å². The van der Waals surface area contributed by atoms with E-state index in [2.05, 4.69) is 21.2 Å². The first-order valence-electron chi connectivity index (χ1n) is 5.22. The Morgan fingerprint density at radius 2 is 1.89 bits per heavy atom. The van der Waals surface area contributed by atoms with Crippen LogP contribution in [0, 0.1) is 0 Å². The minimum absolute atomic E-state index is 0.181. The predicted molar refractivity (Wildman–Crippen MR) is 75.2 cm³/mol. The summed E-state index contributed by atoms with van der Waals surface area (Å²) in [5.41, 5.74) is 7.61. The lowest BCUT2D eigenvalue weighted by Gasteiger charge is -2.11. The van der Waals surface area contributed by atoms with E-state index in [1.54, 1.807) is 12.1 Å². The number of nitrogens with one attached hydrogen (secondary N) is 1. The standard InChI is InChI=1S/C13H11BrN2O2/c14-10-3-1-2-4-11(10)16-12-7-8(15)5-6-9(12)13(17)18/h1-7,16H,15H2,(H,17,18). The fourth-order valence-electron chi connectivity index (χ4n) is 1.56. The number of rotatable bonds is 3. The third-order valence-electron chi connectivity index (χ3n) is 2.42. The van der Waals surface area contributed by atoms with Gasteiger partial charge in [0.05, 0.1) is 16.9 Å². The molecule has 0 bridgehead atoms. The third-order valence-corrected chi connectivity index (χ3v) is 3.11. The molecule has 0 aliphatic heterocycles. The van der Waals surface area contributed by atoms with Gasteiger partial charge in [0.1, 0.15) is 0 Å². The van der Waals surface area contributed by atoms with Crippen molar-refractivity contribution in [1.29, 1.82) is 0 Å². The van der Waals surface area contributed by atoms with Crippen LogP contribution in [0.3, 0.4) is 0 Å². The van der Waals surface area contributed by atoms with Crippen molar-refractivity contribution in [1.82, 2.24) is 0 Å². The highest BCUT2D eigenvalue weighted by Crippen LogP contribution is 2.28. The van der Waals surface area contributed by atoms with Gasteiger partial charge in [-0.05, 0) is 46.3 Å². The molecule has 2 aromatic carbocycles. The number of nitrogen functional groups attached to an aromatic ring is 1. The predicted octanol–water partition coefficient (Wildman–Crippen LogP) is 3.47. The zero-order valence-electron chi connectivity index (χ0n) is 9.35. The minimum Gasteiger partial charge on any atom is -0.478 e. The van der Waals surface area contributed by atoms with E-state index in [0.717, 1.165) is 10.2 Å². The molecule has 0 unspecified atom stereocenters. The van der Waals surface area contributed by atoms with E-state index >= 15 is 0 Å². The zero-order valence-corrected chi connectivity index (χ0v) is 10.9. The summed E-state index contributed by atoms with van der Waals surface area (Å²) in [6.45, 7) is 0. The highest BCUT2D eigenvalue weighted by atomic mass is 79.9. The number of carboxylic acids is 1. The average Bonchev–Trinajstić information content (AvgIpc) is 2.32. The molecule has 0 amide bonds. The van der Waals surface area contributed by atoms with Crippen LogP contribution in [-0.4, -0.2) is 11.1 Å². The smallest absolute Gasteiger partial charge is 0.337 e. The highest BCUT2D eigenvalue weighted by molar-refractivity contribution is 9.10. The average molecular weight is 307 g/mol. The molecule has 2 rings (SSSR count). The van der Waals surface area contributed by atoms with E-state index in [0.29, 0.717) is 11.4 Å². The number of carboxylic acid groups (broad SMARTS) is 1. The fourth-order valence-corrected chi connectivity index (χ4v) is 1.94. The monoisotopic (exact) mass is 306 g/mol. The molecule has 0 fully saturated rings. The van der Waals surface area contributed by atoms with E-state index in [4.69, 9.17) is 10.8 Å². The van der Waals surface area contributed by atoms with Crippen molar-refractivity contribution >= 4 is 39.0 Å². The summed E-state index contributed by atoms with van der Waals surface area (Å²) in [6, 6.07) is 12.1. The van der Waals surface area contributed by atoms with Crippen molar-refractivity contribution in [3.63, 3.8) is 0 Å². The maximum atomic E-state index is 11.1. The number of benzene rings is 2. The number of halogens is 1. The van der Waals surface area contributed by atoms with Crippen molar-refractivity contribution in [2.75, 3.05) is 11.1 Å². The largest absolute Gasteiger partial charge is 0.478 e. The van der Waals surface area contributed by atoms with Crippen molar-refractivity contribution in [2.24, 2.45) is 0 Å². The highest BCUT2D eigenvalue weighted by Gasteiger charge is 2.11. The topological polar surface area (TPSA) is 75.4 Å². The van der Waals surface area contributed by atoms with Gasteiger partial charge in [-0.15, -0.1) is 0 Å². The number of aromatic carboxylic acids is 1. The Morgan fingerprint density at radius 1 is 1.17 bits per heavy atom. The minimum atomic E-state index is -0.996. The first-order chi connectivity index (χ1) is 8.58. The zero-order chi connectivity index (χ0) is 13.1. The van der Waals surface area contributed by atoms with Crippen LogP contribution in [-0.2, 0) is 0 Å². The van der Waals surface area contributed by atoms with Crippen LogP contribution in [0.5, 0.6) is 0 Å².